The summed E-state index contributed by atoms with van der Waals surface area (Å²) in [7, 11) is 0. The molecule has 0 aromatic carbocycles. The first-order valence-corrected chi connectivity index (χ1v) is 4.38. The van der Waals surface area contributed by atoms with Gasteiger partial charge >= 0.3 is 71.9 Å². The van der Waals surface area contributed by atoms with E-state index in [1.165, 1.54) is 11.1 Å². The third-order valence-corrected chi connectivity index (χ3v) is 3.10. The molecule has 0 nitrogen and oxygen atoms in total. The minimum absolute atomic E-state index is 0. The molecule has 0 aromatic rings. The first kappa shape index (κ1) is 18.0. The summed E-state index contributed by atoms with van der Waals surface area (Å²) in [5.41, 5.74) is 2.94. The molecule has 4 heteroatoms. The molecule has 0 N–H and O–H groups in total. The van der Waals surface area contributed by atoms with E-state index in [-0.39, 0.29) is 14.1 Å². The Kier molecular flexibility index (Phi) is 8.63. The molecular formula is C8H11F3Zr. The van der Waals surface area contributed by atoms with Gasteiger partial charge in [0.1, 0.15) is 0 Å². The van der Waals surface area contributed by atoms with E-state index in [9.17, 15) is 0 Å². The molecule has 1 atom stereocenters. The van der Waals surface area contributed by atoms with Crippen LogP contribution in [0, 0.1) is 0 Å². The van der Waals surface area contributed by atoms with Crippen LogP contribution in [0.5, 0.6) is 0 Å². The van der Waals surface area contributed by atoms with Gasteiger partial charge in [0.15, 0.2) is 0 Å². The largest absolute Gasteiger partial charge is 1.00 e. The van der Waals surface area contributed by atoms with Gasteiger partial charge in [0, 0.05) is 0 Å². The van der Waals surface area contributed by atoms with Crippen molar-refractivity contribution in [3.8, 4) is 0 Å². The summed E-state index contributed by atoms with van der Waals surface area (Å²) in [6.07, 6.45) is 4.62. The van der Waals surface area contributed by atoms with E-state index >= 15 is 0 Å². The van der Waals surface area contributed by atoms with E-state index in [0.29, 0.717) is 3.12 Å². The Balaban J connectivity index is -0.000000270. The maximum Gasteiger partial charge on any atom is -1.00 e. The summed E-state index contributed by atoms with van der Waals surface area (Å²) in [5.74, 6) is 0. The molecule has 0 saturated carbocycles. The van der Waals surface area contributed by atoms with Gasteiger partial charge in [-0.15, -0.1) is 0 Å². The molecule has 0 bridgehead atoms. The Morgan fingerprint density at radius 3 is 1.67 bits per heavy atom. The van der Waals surface area contributed by atoms with Gasteiger partial charge in [-0.1, -0.05) is 0 Å². The molecule has 1 rings (SSSR count). The van der Waals surface area contributed by atoms with E-state index in [2.05, 4.69) is 32.9 Å². The van der Waals surface area contributed by atoms with Crippen molar-refractivity contribution in [3.63, 3.8) is 0 Å². The quantitative estimate of drug-likeness (QED) is 0.404. The first-order valence-electron chi connectivity index (χ1n) is 3.15. The van der Waals surface area contributed by atoms with E-state index in [1.54, 1.807) is 24.7 Å². The first-order chi connectivity index (χ1) is 4.02. The smallest absolute Gasteiger partial charge is 1.00 e. The standard InChI is InChI=1S/C8H11.3FH.Zr/c1-6-4-7(2)8(3)5-6;;;;/h4-5H,1-3H3;3*1H;/q;;;;+3/p-3. The van der Waals surface area contributed by atoms with Gasteiger partial charge in [-0.2, -0.15) is 0 Å². The van der Waals surface area contributed by atoms with Crippen molar-refractivity contribution in [1.29, 1.82) is 0 Å². The van der Waals surface area contributed by atoms with Crippen LogP contribution in [0.2, 0.25) is 3.12 Å². The fourth-order valence-corrected chi connectivity index (χ4v) is 1.84. The minimum atomic E-state index is 0. The number of hydrogen-bond acceptors (Lipinski definition) is 0. The maximum atomic E-state index is 2.35. The summed E-state index contributed by atoms with van der Waals surface area (Å²) in [6.45, 7) is 6.66. The van der Waals surface area contributed by atoms with Crippen molar-refractivity contribution in [3.05, 3.63) is 23.3 Å². The van der Waals surface area contributed by atoms with Gasteiger partial charge in [-0.05, 0) is 0 Å². The monoisotopic (exact) mass is 254 g/mol. The van der Waals surface area contributed by atoms with Crippen molar-refractivity contribution in [2.75, 3.05) is 0 Å². The fraction of sp³-hybridized carbons (Fsp3) is 0.500. The summed E-state index contributed by atoms with van der Waals surface area (Å²) >= 11 is 1.59. The van der Waals surface area contributed by atoms with Crippen molar-refractivity contribution in [1.82, 2.24) is 0 Å². The molecule has 0 radical (unpaired) electrons. The Hall–Kier alpha value is 0.153. The molecule has 0 saturated heterocycles. The molecular weight excluding hydrogens is 244 g/mol. The van der Waals surface area contributed by atoms with Gasteiger partial charge in [0.05, 0.1) is 0 Å². The predicted octanol–water partition coefficient (Wildman–Crippen LogP) is -6.37. The third-order valence-electron chi connectivity index (χ3n) is 1.78. The van der Waals surface area contributed by atoms with Crippen LogP contribution in [0.3, 0.4) is 0 Å². The zero-order valence-electron chi connectivity index (χ0n) is 7.29. The average molecular weight is 255 g/mol. The van der Waals surface area contributed by atoms with E-state index in [1.807, 2.05) is 0 Å². The molecule has 0 heterocycles. The van der Waals surface area contributed by atoms with Crippen LogP contribution in [0.1, 0.15) is 20.8 Å². The predicted molar refractivity (Wildman–Crippen MR) is 35.9 cm³/mol. The second-order valence-corrected chi connectivity index (χ2v) is 5.47. The van der Waals surface area contributed by atoms with Gasteiger partial charge in [-0.25, -0.2) is 0 Å². The van der Waals surface area contributed by atoms with Crippen LogP contribution in [0.4, 0.5) is 0 Å². The Morgan fingerprint density at radius 2 is 1.58 bits per heavy atom. The molecule has 0 spiro atoms. The number of halogens is 3. The van der Waals surface area contributed by atoms with Crippen molar-refractivity contribution in [2.24, 2.45) is 0 Å². The topological polar surface area (TPSA) is 0 Å². The van der Waals surface area contributed by atoms with E-state index < -0.39 is 0 Å². The Bertz CT molecular complexity index is 194. The average Bonchev–Trinajstić information content (AvgIpc) is 1.79. The molecule has 0 aliphatic heterocycles. The molecule has 1 unspecified atom stereocenters. The van der Waals surface area contributed by atoms with Gasteiger partial charge in [0.2, 0.25) is 0 Å². The molecule has 68 valence electrons. The van der Waals surface area contributed by atoms with E-state index in [4.69, 9.17) is 0 Å². The molecule has 0 aromatic heterocycles. The van der Waals surface area contributed by atoms with E-state index in [0.717, 1.165) is 0 Å². The van der Waals surface area contributed by atoms with Gasteiger partial charge < -0.3 is 14.1 Å². The molecule has 0 fully saturated rings. The Labute approximate surface area is 86.1 Å². The molecule has 1 aliphatic carbocycles. The van der Waals surface area contributed by atoms with Gasteiger partial charge in [0.25, 0.3) is 0 Å². The third kappa shape index (κ3) is 3.70. The summed E-state index contributed by atoms with van der Waals surface area (Å²) in [6, 6.07) is 0. The summed E-state index contributed by atoms with van der Waals surface area (Å²) in [5, 5.41) is 0. The fourth-order valence-electron chi connectivity index (χ4n) is 1.10. The van der Waals surface area contributed by atoms with Crippen molar-refractivity contribution in [2.45, 2.75) is 23.9 Å². The second-order valence-electron chi connectivity index (χ2n) is 2.92. The summed E-state index contributed by atoms with van der Waals surface area (Å²) < 4.78 is 0.413. The zero-order valence-corrected chi connectivity index (χ0v) is 9.75. The number of allylic oxidation sites excluding steroid dienone is 4. The maximum absolute atomic E-state index is 2.35. The zero-order chi connectivity index (χ0) is 7.07. The van der Waals surface area contributed by atoms with Crippen LogP contribution >= 0.6 is 0 Å². The van der Waals surface area contributed by atoms with Crippen LogP contribution < -0.4 is 14.1 Å². The van der Waals surface area contributed by atoms with Crippen molar-refractivity contribution < 1.29 is 38.8 Å². The second kappa shape index (κ2) is 5.74. The molecule has 0 amide bonds. The number of hydrogen-bond donors (Lipinski definition) is 0. The molecule has 12 heavy (non-hydrogen) atoms. The van der Waals surface area contributed by atoms with Crippen LogP contribution in [-0.2, 0) is 24.7 Å². The summed E-state index contributed by atoms with van der Waals surface area (Å²) in [4.78, 5) is 0. The minimum Gasteiger partial charge on any atom is -1.00 e. The van der Waals surface area contributed by atoms with Crippen LogP contribution in [0.15, 0.2) is 23.3 Å². The SMILES string of the molecule is CC1=C[C](C)([Zr+3])C(C)=C1.[F-].[F-].[F-]. The number of rotatable bonds is 0. The van der Waals surface area contributed by atoms with Crippen molar-refractivity contribution >= 4 is 0 Å². The van der Waals surface area contributed by atoms with Crippen LogP contribution in [-0.4, -0.2) is 0 Å². The van der Waals surface area contributed by atoms with Crippen LogP contribution in [0.25, 0.3) is 0 Å². The Morgan fingerprint density at radius 1 is 1.17 bits per heavy atom. The normalized spacial score (nSPS) is 25.8. The molecule has 1 aliphatic rings. The van der Waals surface area contributed by atoms with Gasteiger partial charge in [-0.3, -0.25) is 0 Å².